The van der Waals surface area contributed by atoms with Crippen LogP contribution < -0.4 is 0 Å². The maximum atomic E-state index is 11.5. The Hall–Kier alpha value is -1.73. The molecule has 6 nitrogen and oxygen atoms in total. The van der Waals surface area contributed by atoms with Crippen LogP contribution in [0.25, 0.3) is 11.3 Å². The van der Waals surface area contributed by atoms with Gasteiger partial charge in [0.1, 0.15) is 5.69 Å². The molecular formula is C15H20N4O2S. The lowest BCUT2D eigenvalue weighted by molar-refractivity contribution is 0.259. The Bertz CT molecular complexity index is 744. The van der Waals surface area contributed by atoms with Gasteiger partial charge in [0.15, 0.2) is 0 Å². The van der Waals surface area contributed by atoms with Crippen LogP contribution >= 0.6 is 0 Å². The molecule has 0 N–H and O–H groups in total. The number of benzene rings is 1. The smallest absolute Gasteiger partial charge is 0.211 e. The molecule has 1 fully saturated rings. The van der Waals surface area contributed by atoms with E-state index in [1.54, 1.807) is 0 Å². The minimum absolute atomic E-state index is 0.213. The summed E-state index contributed by atoms with van der Waals surface area (Å²) >= 11 is 0. The predicted molar refractivity (Wildman–Crippen MR) is 84.9 cm³/mol. The molecule has 0 saturated carbocycles. The lowest BCUT2D eigenvalue weighted by atomic mass is 10.1. The van der Waals surface area contributed by atoms with E-state index < -0.39 is 10.0 Å². The summed E-state index contributed by atoms with van der Waals surface area (Å²) in [6, 6.07) is 8.40. The SMILES string of the molecule is Cc1ccc(-c2cn(C3CCN(S(C)(=O)=O)CC3)nn2)cc1. The van der Waals surface area contributed by atoms with Gasteiger partial charge in [-0.15, -0.1) is 5.10 Å². The van der Waals surface area contributed by atoms with Gasteiger partial charge >= 0.3 is 0 Å². The Morgan fingerprint density at radius 3 is 2.36 bits per heavy atom. The Balaban J connectivity index is 1.71. The van der Waals surface area contributed by atoms with Crippen LogP contribution in [0.1, 0.15) is 24.4 Å². The van der Waals surface area contributed by atoms with Gasteiger partial charge in [0.05, 0.1) is 18.5 Å². The summed E-state index contributed by atoms with van der Waals surface area (Å²) in [7, 11) is -3.09. The summed E-state index contributed by atoms with van der Waals surface area (Å²) in [6.45, 7) is 3.14. The van der Waals surface area contributed by atoms with Gasteiger partial charge in [0.2, 0.25) is 10.0 Å². The van der Waals surface area contributed by atoms with Gasteiger partial charge < -0.3 is 0 Å². The number of piperidine rings is 1. The molecule has 0 aliphatic carbocycles. The van der Waals surface area contributed by atoms with Crippen LogP contribution in [0.15, 0.2) is 30.5 Å². The fraction of sp³-hybridized carbons (Fsp3) is 0.467. The van der Waals surface area contributed by atoms with Crippen LogP contribution in [0.5, 0.6) is 0 Å². The molecule has 7 heteroatoms. The van der Waals surface area contributed by atoms with E-state index >= 15 is 0 Å². The second kappa shape index (κ2) is 5.81. The lowest BCUT2D eigenvalue weighted by Crippen LogP contribution is -2.38. The van der Waals surface area contributed by atoms with Crippen LogP contribution in [-0.4, -0.2) is 47.1 Å². The number of sulfonamides is 1. The molecule has 2 aromatic rings. The molecule has 1 saturated heterocycles. The van der Waals surface area contributed by atoms with Crippen molar-refractivity contribution in [2.45, 2.75) is 25.8 Å². The van der Waals surface area contributed by atoms with Crippen LogP contribution in [-0.2, 0) is 10.0 Å². The highest BCUT2D eigenvalue weighted by atomic mass is 32.2. The van der Waals surface area contributed by atoms with E-state index in [0.29, 0.717) is 13.1 Å². The van der Waals surface area contributed by atoms with Crippen molar-refractivity contribution in [1.29, 1.82) is 0 Å². The van der Waals surface area contributed by atoms with Crippen LogP contribution in [0.3, 0.4) is 0 Å². The fourth-order valence-electron chi connectivity index (χ4n) is 2.75. The first kappa shape index (κ1) is 15.2. The lowest BCUT2D eigenvalue weighted by Gasteiger charge is -2.29. The first-order valence-electron chi connectivity index (χ1n) is 7.37. The van der Waals surface area contributed by atoms with Crippen molar-refractivity contribution in [1.82, 2.24) is 19.3 Å². The molecule has 2 heterocycles. The van der Waals surface area contributed by atoms with Gasteiger partial charge in [-0.1, -0.05) is 35.0 Å². The molecule has 0 spiro atoms. The van der Waals surface area contributed by atoms with Gasteiger partial charge in [-0.05, 0) is 19.8 Å². The summed E-state index contributed by atoms with van der Waals surface area (Å²) in [4.78, 5) is 0. The maximum Gasteiger partial charge on any atom is 0.211 e. The molecule has 1 aromatic carbocycles. The van der Waals surface area contributed by atoms with Crippen LogP contribution in [0.4, 0.5) is 0 Å². The van der Waals surface area contributed by atoms with E-state index in [1.807, 2.05) is 23.0 Å². The molecule has 0 unspecified atom stereocenters. The number of hydrogen-bond donors (Lipinski definition) is 0. The monoisotopic (exact) mass is 320 g/mol. The summed E-state index contributed by atoms with van der Waals surface area (Å²) in [6.07, 6.45) is 4.75. The summed E-state index contributed by atoms with van der Waals surface area (Å²) in [5.74, 6) is 0. The average molecular weight is 320 g/mol. The summed E-state index contributed by atoms with van der Waals surface area (Å²) in [5.41, 5.74) is 3.11. The van der Waals surface area contributed by atoms with E-state index in [4.69, 9.17) is 0 Å². The Kier molecular flexibility index (Phi) is 4.01. The zero-order valence-electron chi connectivity index (χ0n) is 12.8. The van der Waals surface area contributed by atoms with E-state index in [9.17, 15) is 8.42 Å². The van der Waals surface area contributed by atoms with Gasteiger partial charge in [-0.3, -0.25) is 0 Å². The van der Waals surface area contributed by atoms with Crippen molar-refractivity contribution in [2.24, 2.45) is 0 Å². The first-order valence-corrected chi connectivity index (χ1v) is 9.22. The van der Waals surface area contributed by atoms with Crippen LogP contribution in [0, 0.1) is 6.92 Å². The van der Waals surface area contributed by atoms with Gasteiger partial charge in [0, 0.05) is 18.7 Å². The third kappa shape index (κ3) is 3.20. The quantitative estimate of drug-likeness (QED) is 0.865. The van der Waals surface area contributed by atoms with Gasteiger partial charge in [0.25, 0.3) is 0 Å². The largest absolute Gasteiger partial charge is 0.249 e. The third-order valence-corrected chi connectivity index (χ3v) is 5.43. The normalized spacial score (nSPS) is 17.7. The second-order valence-corrected chi connectivity index (χ2v) is 7.83. The zero-order chi connectivity index (χ0) is 15.7. The zero-order valence-corrected chi connectivity index (χ0v) is 13.6. The van der Waals surface area contributed by atoms with Crippen molar-refractivity contribution in [3.63, 3.8) is 0 Å². The highest BCUT2D eigenvalue weighted by Gasteiger charge is 2.26. The molecule has 3 rings (SSSR count). The topological polar surface area (TPSA) is 68.1 Å². The van der Waals surface area contributed by atoms with Crippen molar-refractivity contribution in [3.05, 3.63) is 36.0 Å². The molecule has 0 radical (unpaired) electrons. The van der Waals surface area contributed by atoms with Crippen molar-refractivity contribution in [2.75, 3.05) is 19.3 Å². The minimum atomic E-state index is -3.09. The predicted octanol–water partition coefficient (Wildman–Crippen LogP) is 1.85. The molecule has 118 valence electrons. The molecular weight excluding hydrogens is 300 g/mol. The Labute approximate surface area is 130 Å². The van der Waals surface area contributed by atoms with Gasteiger partial charge in [-0.2, -0.15) is 0 Å². The molecule has 0 atom stereocenters. The molecule has 22 heavy (non-hydrogen) atoms. The number of nitrogens with zero attached hydrogens (tertiary/aromatic N) is 4. The van der Waals surface area contributed by atoms with E-state index in [2.05, 4.69) is 29.4 Å². The number of hydrogen-bond acceptors (Lipinski definition) is 4. The molecule has 0 bridgehead atoms. The van der Waals surface area contributed by atoms with E-state index in [-0.39, 0.29) is 6.04 Å². The molecule has 1 aliphatic heterocycles. The fourth-order valence-corrected chi connectivity index (χ4v) is 3.62. The maximum absolute atomic E-state index is 11.5. The van der Waals surface area contributed by atoms with Gasteiger partial charge in [-0.25, -0.2) is 17.4 Å². The molecule has 1 aliphatic rings. The van der Waals surface area contributed by atoms with Crippen molar-refractivity contribution < 1.29 is 8.42 Å². The molecule has 0 amide bonds. The molecule has 1 aromatic heterocycles. The number of rotatable bonds is 3. The highest BCUT2D eigenvalue weighted by Crippen LogP contribution is 2.25. The number of aromatic nitrogens is 3. The van der Waals surface area contributed by atoms with Crippen molar-refractivity contribution in [3.8, 4) is 11.3 Å². The Morgan fingerprint density at radius 1 is 1.14 bits per heavy atom. The highest BCUT2D eigenvalue weighted by molar-refractivity contribution is 7.88. The number of aryl methyl sites for hydroxylation is 1. The standard InChI is InChI=1S/C15H20N4O2S/c1-12-3-5-13(6-4-12)15-11-19(17-16-15)14-7-9-18(10-8-14)22(2,20)21/h3-6,11,14H,7-10H2,1-2H3. The minimum Gasteiger partial charge on any atom is -0.249 e. The van der Waals surface area contributed by atoms with Crippen LogP contribution in [0.2, 0.25) is 0 Å². The second-order valence-electron chi connectivity index (χ2n) is 5.84. The summed E-state index contributed by atoms with van der Waals surface area (Å²) in [5, 5.41) is 8.46. The summed E-state index contributed by atoms with van der Waals surface area (Å²) < 4.78 is 26.5. The average Bonchev–Trinajstić information content (AvgIpc) is 2.97. The third-order valence-electron chi connectivity index (χ3n) is 4.12. The van der Waals surface area contributed by atoms with E-state index in [0.717, 1.165) is 24.1 Å². The first-order chi connectivity index (χ1) is 10.4. The Morgan fingerprint density at radius 2 is 1.77 bits per heavy atom. The van der Waals surface area contributed by atoms with Crippen molar-refractivity contribution >= 4 is 10.0 Å². The van der Waals surface area contributed by atoms with E-state index in [1.165, 1.54) is 16.1 Å².